The molecule has 2 aromatic carbocycles. The summed E-state index contributed by atoms with van der Waals surface area (Å²) in [6, 6.07) is 5.73. The lowest BCUT2D eigenvalue weighted by Gasteiger charge is -2.14. The second-order valence-corrected chi connectivity index (χ2v) is 7.17. The third-order valence-electron chi connectivity index (χ3n) is 3.58. The van der Waals surface area contributed by atoms with Gasteiger partial charge in [0.05, 0.1) is 4.90 Å². The Bertz CT molecular complexity index is 797. The van der Waals surface area contributed by atoms with Gasteiger partial charge >= 0.3 is 0 Å². The minimum absolute atomic E-state index is 0.0215. The van der Waals surface area contributed by atoms with E-state index in [4.69, 9.17) is 0 Å². The third kappa shape index (κ3) is 2.61. The first-order chi connectivity index (χ1) is 9.64. The van der Waals surface area contributed by atoms with E-state index in [-0.39, 0.29) is 21.3 Å². The van der Waals surface area contributed by atoms with E-state index in [2.05, 4.69) is 0 Å². The topological polar surface area (TPSA) is 74.6 Å². The Kier molecular flexibility index (Phi) is 3.72. The number of phenolic OH excluding ortho intramolecular Hbond substituents is 2. The van der Waals surface area contributed by atoms with Crippen molar-refractivity contribution in [2.75, 3.05) is 0 Å². The van der Waals surface area contributed by atoms with E-state index in [1.54, 1.807) is 20.8 Å². The average Bonchev–Trinajstić information content (AvgIpc) is 2.31. The quantitative estimate of drug-likeness (QED) is 0.893. The summed E-state index contributed by atoms with van der Waals surface area (Å²) in [5, 5.41) is 19.6. The van der Waals surface area contributed by atoms with Crippen molar-refractivity contribution in [1.82, 2.24) is 0 Å². The largest absolute Gasteiger partial charge is 0.508 e. The van der Waals surface area contributed by atoms with Gasteiger partial charge in [-0.25, -0.2) is 8.42 Å². The number of sulfone groups is 1. The molecule has 0 unspecified atom stereocenters. The van der Waals surface area contributed by atoms with Gasteiger partial charge in [0.1, 0.15) is 16.4 Å². The van der Waals surface area contributed by atoms with Gasteiger partial charge < -0.3 is 10.2 Å². The number of rotatable bonds is 2. The molecule has 2 aromatic rings. The van der Waals surface area contributed by atoms with Crippen LogP contribution in [0.25, 0.3) is 0 Å². The number of aryl methyl sites for hydroxylation is 4. The fourth-order valence-electron chi connectivity index (χ4n) is 2.45. The van der Waals surface area contributed by atoms with Crippen LogP contribution in [0.2, 0.25) is 0 Å². The van der Waals surface area contributed by atoms with Crippen LogP contribution in [0.3, 0.4) is 0 Å². The van der Waals surface area contributed by atoms with Crippen molar-refractivity contribution in [2.24, 2.45) is 0 Å². The zero-order valence-electron chi connectivity index (χ0n) is 12.4. The molecule has 2 N–H and O–H groups in total. The van der Waals surface area contributed by atoms with E-state index < -0.39 is 9.84 Å². The Morgan fingerprint density at radius 1 is 0.762 bits per heavy atom. The lowest BCUT2D eigenvalue weighted by molar-refractivity contribution is 0.458. The summed E-state index contributed by atoms with van der Waals surface area (Å²) in [7, 11) is -3.85. The van der Waals surface area contributed by atoms with Crippen molar-refractivity contribution < 1.29 is 18.6 Å². The van der Waals surface area contributed by atoms with Crippen LogP contribution in [0.1, 0.15) is 22.3 Å². The Balaban J connectivity index is 2.78. The minimum atomic E-state index is -3.85. The Labute approximate surface area is 124 Å². The fourth-order valence-corrected chi connectivity index (χ4v) is 4.30. The first-order valence-electron chi connectivity index (χ1n) is 6.50. The molecule has 0 fully saturated rings. The molecule has 0 aliphatic carbocycles. The van der Waals surface area contributed by atoms with Crippen molar-refractivity contribution >= 4 is 9.84 Å². The van der Waals surface area contributed by atoms with Gasteiger partial charge in [0.25, 0.3) is 0 Å². The zero-order chi connectivity index (χ0) is 15.9. The van der Waals surface area contributed by atoms with E-state index >= 15 is 0 Å². The second kappa shape index (κ2) is 5.07. The SMILES string of the molecule is Cc1cc(O)c(S(=O)(=O)c2c(C)cc(O)cc2C)cc1C. The number of hydrogen-bond donors (Lipinski definition) is 2. The highest BCUT2D eigenvalue weighted by atomic mass is 32.2. The summed E-state index contributed by atoms with van der Waals surface area (Å²) in [5.41, 5.74) is 2.52. The average molecular weight is 306 g/mol. The molecule has 112 valence electrons. The highest BCUT2D eigenvalue weighted by molar-refractivity contribution is 7.91. The molecular weight excluding hydrogens is 288 g/mol. The monoisotopic (exact) mass is 306 g/mol. The van der Waals surface area contributed by atoms with Crippen molar-refractivity contribution in [2.45, 2.75) is 37.5 Å². The van der Waals surface area contributed by atoms with Gasteiger partial charge in [-0.15, -0.1) is 0 Å². The molecule has 5 heteroatoms. The molecule has 0 saturated heterocycles. The van der Waals surface area contributed by atoms with E-state index in [1.165, 1.54) is 24.3 Å². The van der Waals surface area contributed by atoms with Gasteiger partial charge in [0.15, 0.2) is 0 Å². The Morgan fingerprint density at radius 3 is 1.76 bits per heavy atom. The van der Waals surface area contributed by atoms with Crippen LogP contribution in [-0.2, 0) is 9.84 Å². The van der Waals surface area contributed by atoms with Gasteiger partial charge in [-0.2, -0.15) is 0 Å². The number of benzene rings is 2. The highest BCUT2D eigenvalue weighted by Crippen LogP contribution is 2.35. The molecule has 4 nitrogen and oxygen atoms in total. The maximum atomic E-state index is 12.8. The van der Waals surface area contributed by atoms with Crippen molar-refractivity contribution in [3.63, 3.8) is 0 Å². The minimum Gasteiger partial charge on any atom is -0.508 e. The van der Waals surface area contributed by atoms with E-state index in [0.29, 0.717) is 11.1 Å². The van der Waals surface area contributed by atoms with E-state index in [0.717, 1.165) is 11.1 Å². The molecule has 0 heterocycles. The van der Waals surface area contributed by atoms with Gasteiger partial charge in [0, 0.05) is 0 Å². The molecule has 0 spiro atoms. The first-order valence-corrected chi connectivity index (χ1v) is 7.98. The Morgan fingerprint density at radius 2 is 1.24 bits per heavy atom. The maximum absolute atomic E-state index is 12.8. The molecular formula is C16H18O4S. The van der Waals surface area contributed by atoms with Crippen molar-refractivity contribution in [3.05, 3.63) is 46.5 Å². The molecule has 2 rings (SSSR count). The lowest BCUT2D eigenvalue weighted by atomic mass is 10.1. The first kappa shape index (κ1) is 15.4. The molecule has 0 aliphatic heterocycles. The standard InChI is InChI=1S/C16H18O4S/c1-9-7-14(18)15(8-10(9)2)21(19,20)16-11(3)5-13(17)6-12(16)4/h5-8,17-18H,1-4H3. The van der Waals surface area contributed by atoms with Crippen LogP contribution in [0.5, 0.6) is 11.5 Å². The molecule has 0 bridgehead atoms. The van der Waals surface area contributed by atoms with Crippen LogP contribution in [0.4, 0.5) is 0 Å². The normalized spacial score (nSPS) is 11.6. The Hall–Kier alpha value is -2.01. The van der Waals surface area contributed by atoms with Crippen molar-refractivity contribution in [3.8, 4) is 11.5 Å². The number of aromatic hydroxyl groups is 2. The van der Waals surface area contributed by atoms with Crippen LogP contribution in [0, 0.1) is 27.7 Å². The summed E-state index contributed by atoms with van der Waals surface area (Å²) in [4.78, 5) is 0.0151. The van der Waals surface area contributed by atoms with Gasteiger partial charge in [-0.3, -0.25) is 0 Å². The molecule has 21 heavy (non-hydrogen) atoms. The predicted octanol–water partition coefficient (Wildman–Crippen LogP) is 3.16. The smallest absolute Gasteiger partial charge is 0.210 e. The van der Waals surface area contributed by atoms with Crippen LogP contribution in [-0.4, -0.2) is 18.6 Å². The lowest BCUT2D eigenvalue weighted by Crippen LogP contribution is -2.07. The summed E-state index contributed by atoms with van der Waals surface area (Å²) >= 11 is 0. The zero-order valence-corrected chi connectivity index (χ0v) is 13.2. The summed E-state index contributed by atoms with van der Waals surface area (Å²) < 4.78 is 25.7. The number of hydrogen-bond acceptors (Lipinski definition) is 4. The van der Waals surface area contributed by atoms with Crippen molar-refractivity contribution in [1.29, 1.82) is 0 Å². The van der Waals surface area contributed by atoms with Crippen LogP contribution >= 0.6 is 0 Å². The van der Waals surface area contributed by atoms with Gasteiger partial charge in [-0.1, -0.05) is 0 Å². The highest BCUT2D eigenvalue weighted by Gasteiger charge is 2.26. The molecule has 0 atom stereocenters. The summed E-state index contributed by atoms with van der Waals surface area (Å²) in [6.45, 7) is 6.85. The summed E-state index contributed by atoms with van der Waals surface area (Å²) in [6.07, 6.45) is 0. The number of phenols is 2. The predicted molar refractivity (Wildman–Crippen MR) is 80.6 cm³/mol. The summed E-state index contributed by atoms with van der Waals surface area (Å²) in [5.74, 6) is -0.238. The van der Waals surface area contributed by atoms with Crippen LogP contribution < -0.4 is 0 Å². The van der Waals surface area contributed by atoms with E-state index in [9.17, 15) is 18.6 Å². The second-order valence-electron chi connectivity index (χ2n) is 5.32. The fraction of sp³-hybridized carbons (Fsp3) is 0.250. The van der Waals surface area contributed by atoms with E-state index in [1.807, 2.05) is 6.92 Å². The maximum Gasteiger partial charge on any atom is 0.210 e. The molecule has 0 radical (unpaired) electrons. The molecule has 0 aliphatic rings. The molecule has 0 saturated carbocycles. The van der Waals surface area contributed by atoms with Crippen LogP contribution in [0.15, 0.2) is 34.1 Å². The third-order valence-corrected chi connectivity index (χ3v) is 5.67. The van der Waals surface area contributed by atoms with Gasteiger partial charge in [-0.05, 0) is 74.2 Å². The molecule has 0 amide bonds. The van der Waals surface area contributed by atoms with Gasteiger partial charge in [0.2, 0.25) is 9.84 Å². The molecule has 0 aromatic heterocycles.